The van der Waals surface area contributed by atoms with Gasteiger partial charge in [0.2, 0.25) is 0 Å². The highest BCUT2D eigenvalue weighted by molar-refractivity contribution is 14.1. The lowest BCUT2D eigenvalue weighted by Gasteiger charge is -2.13. The maximum Gasteiger partial charge on any atom is 0.303 e. The third-order valence-corrected chi connectivity index (χ3v) is 4.93. The molecule has 3 unspecified atom stereocenters. The molecule has 1 aliphatic carbocycles. The van der Waals surface area contributed by atoms with Gasteiger partial charge >= 0.3 is 5.97 Å². The lowest BCUT2D eigenvalue weighted by Crippen LogP contribution is -2.19. The summed E-state index contributed by atoms with van der Waals surface area (Å²) in [4.78, 5) is 21.9. The van der Waals surface area contributed by atoms with E-state index in [0.29, 0.717) is 12.8 Å². The Labute approximate surface area is 115 Å². The number of carbonyl (C=O) groups is 2. The lowest BCUT2D eigenvalue weighted by molar-refractivity contribution is -0.137. The van der Waals surface area contributed by atoms with Gasteiger partial charge < -0.3 is 10.2 Å². The van der Waals surface area contributed by atoms with Crippen LogP contribution in [0.25, 0.3) is 0 Å². The fourth-order valence-electron chi connectivity index (χ4n) is 2.23. The third-order valence-electron chi connectivity index (χ3n) is 3.23. The molecule has 2 N–H and O–H groups in total. The molecule has 4 nitrogen and oxygen atoms in total. The van der Waals surface area contributed by atoms with Crippen LogP contribution < -0.4 is 0 Å². The van der Waals surface area contributed by atoms with E-state index in [1.165, 1.54) is 0 Å². The molecular formula is C12H19IO4. The number of hydrogen-bond acceptors (Lipinski definition) is 3. The van der Waals surface area contributed by atoms with Crippen LogP contribution >= 0.6 is 22.6 Å². The van der Waals surface area contributed by atoms with Crippen molar-refractivity contribution in [3.8, 4) is 0 Å². The Bertz CT molecular complexity index is 280. The Kier molecular flexibility index (Phi) is 6.40. The quantitative estimate of drug-likeness (QED) is 0.418. The molecule has 1 fully saturated rings. The molecule has 0 aromatic rings. The summed E-state index contributed by atoms with van der Waals surface area (Å²) < 4.78 is 0.0547. The van der Waals surface area contributed by atoms with Gasteiger partial charge in [0.15, 0.2) is 0 Å². The molecule has 1 saturated carbocycles. The number of Topliss-reactive ketones (excluding diaryl/α,β-unsaturated/α-hetero) is 1. The minimum Gasteiger partial charge on any atom is -0.481 e. The number of aliphatic hydroxyl groups excluding tert-OH is 1. The van der Waals surface area contributed by atoms with Crippen molar-refractivity contribution < 1.29 is 19.8 Å². The predicted octanol–water partition coefficient (Wildman–Crippen LogP) is 2.17. The van der Waals surface area contributed by atoms with E-state index in [1.807, 2.05) is 0 Å². The van der Waals surface area contributed by atoms with Crippen molar-refractivity contribution in [2.24, 2.45) is 5.92 Å². The van der Waals surface area contributed by atoms with Gasteiger partial charge in [0.25, 0.3) is 0 Å². The van der Waals surface area contributed by atoms with Crippen molar-refractivity contribution in [3.63, 3.8) is 0 Å². The first-order valence-corrected chi connectivity index (χ1v) is 7.33. The van der Waals surface area contributed by atoms with Crippen LogP contribution in [0.15, 0.2) is 0 Å². The lowest BCUT2D eigenvalue weighted by atomic mass is 9.98. The third kappa shape index (κ3) is 4.91. The normalized spacial score (nSPS) is 28.6. The number of aliphatic carboxylic acids is 1. The first kappa shape index (κ1) is 14.9. The second-order valence-electron chi connectivity index (χ2n) is 4.64. The number of rotatable bonds is 7. The van der Waals surface area contributed by atoms with Crippen molar-refractivity contribution >= 4 is 34.3 Å². The number of hydrogen-bond donors (Lipinski definition) is 2. The minimum absolute atomic E-state index is 0.00470. The fourth-order valence-corrected chi connectivity index (χ4v) is 3.24. The van der Waals surface area contributed by atoms with Gasteiger partial charge in [-0.2, -0.15) is 0 Å². The van der Waals surface area contributed by atoms with Crippen LogP contribution in [0, 0.1) is 5.92 Å². The van der Waals surface area contributed by atoms with Gasteiger partial charge in [-0.05, 0) is 12.8 Å². The smallest absolute Gasteiger partial charge is 0.303 e. The first-order valence-electron chi connectivity index (χ1n) is 6.09. The number of alkyl halides is 1. The van der Waals surface area contributed by atoms with E-state index in [0.717, 1.165) is 25.7 Å². The Hall–Kier alpha value is -0.170. The van der Waals surface area contributed by atoms with E-state index in [1.54, 1.807) is 0 Å². The summed E-state index contributed by atoms with van der Waals surface area (Å²) in [5.74, 6) is -0.557. The summed E-state index contributed by atoms with van der Waals surface area (Å²) in [6.07, 6.45) is 4.43. The molecule has 0 aromatic carbocycles. The Balaban J connectivity index is 2.10. The van der Waals surface area contributed by atoms with Crippen LogP contribution in [-0.2, 0) is 9.59 Å². The second-order valence-corrected chi connectivity index (χ2v) is 6.07. The molecule has 0 aromatic heterocycles. The van der Waals surface area contributed by atoms with E-state index >= 15 is 0 Å². The number of carbonyl (C=O) groups excluding carboxylic acids is 1. The molecule has 1 aliphatic rings. The average Bonchev–Trinajstić information content (AvgIpc) is 2.48. The number of aliphatic hydroxyl groups is 1. The molecule has 5 heteroatoms. The van der Waals surface area contributed by atoms with Crippen molar-refractivity contribution in [2.75, 3.05) is 0 Å². The van der Waals surface area contributed by atoms with E-state index in [-0.39, 0.29) is 22.0 Å². The van der Waals surface area contributed by atoms with E-state index in [2.05, 4.69) is 22.6 Å². The highest BCUT2D eigenvalue weighted by Crippen LogP contribution is 2.33. The van der Waals surface area contributed by atoms with Crippen molar-refractivity contribution in [1.82, 2.24) is 0 Å². The molecule has 3 atom stereocenters. The molecular weight excluding hydrogens is 335 g/mol. The number of ketones is 1. The van der Waals surface area contributed by atoms with Crippen LogP contribution in [0.1, 0.15) is 44.9 Å². The van der Waals surface area contributed by atoms with Gasteiger partial charge in [-0.25, -0.2) is 0 Å². The van der Waals surface area contributed by atoms with Crippen molar-refractivity contribution in [3.05, 3.63) is 0 Å². The zero-order valence-corrected chi connectivity index (χ0v) is 11.9. The zero-order valence-electron chi connectivity index (χ0n) is 9.77. The summed E-state index contributed by atoms with van der Waals surface area (Å²) in [7, 11) is 0. The van der Waals surface area contributed by atoms with Gasteiger partial charge in [0.05, 0.1) is 6.10 Å². The van der Waals surface area contributed by atoms with Crippen LogP contribution in [0.5, 0.6) is 0 Å². The van der Waals surface area contributed by atoms with E-state index < -0.39 is 12.1 Å². The minimum atomic E-state index is -0.744. The van der Waals surface area contributed by atoms with Crippen LogP contribution in [0.3, 0.4) is 0 Å². The van der Waals surface area contributed by atoms with Gasteiger partial charge in [-0.15, -0.1) is 0 Å². The summed E-state index contributed by atoms with van der Waals surface area (Å²) in [5, 5.41) is 18.0. The fraction of sp³-hybridized carbons (Fsp3) is 0.833. The standard InChI is InChI=1S/C12H19IO4/c13-12-8(9(14)7-10(12)15)5-3-1-2-4-6-11(16)17/h8,10,12,15H,1-7H2,(H,16,17). The maximum atomic E-state index is 11.6. The van der Waals surface area contributed by atoms with Gasteiger partial charge in [0, 0.05) is 22.7 Å². The van der Waals surface area contributed by atoms with Crippen LogP contribution in [-0.4, -0.2) is 32.0 Å². The average molecular weight is 354 g/mol. The molecule has 0 aliphatic heterocycles. The molecule has 17 heavy (non-hydrogen) atoms. The Morgan fingerprint density at radius 1 is 1.29 bits per heavy atom. The second kappa shape index (κ2) is 7.31. The van der Waals surface area contributed by atoms with E-state index in [4.69, 9.17) is 5.11 Å². The largest absolute Gasteiger partial charge is 0.481 e. The van der Waals surface area contributed by atoms with Gasteiger partial charge in [0.1, 0.15) is 5.78 Å². The number of carboxylic acids is 1. The monoisotopic (exact) mass is 354 g/mol. The topological polar surface area (TPSA) is 74.6 Å². The first-order chi connectivity index (χ1) is 8.02. The zero-order chi connectivity index (χ0) is 12.8. The molecule has 1 rings (SSSR count). The maximum absolute atomic E-state index is 11.6. The molecule has 0 amide bonds. The Morgan fingerprint density at radius 2 is 1.94 bits per heavy atom. The summed E-state index contributed by atoms with van der Waals surface area (Å²) in [5.41, 5.74) is 0. The predicted molar refractivity (Wildman–Crippen MR) is 72.3 cm³/mol. The Morgan fingerprint density at radius 3 is 2.47 bits per heavy atom. The van der Waals surface area contributed by atoms with E-state index in [9.17, 15) is 14.7 Å². The highest BCUT2D eigenvalue weighted by atomic mass is 127. The van der Waals surface area contributed by atoms with Crippen LogP contribution in [0.2, 0.25) is 0 Å². The summed E-state index contributed by atoms with van der Waals surface area (Å²) in [6.45, 7) is 0. The number of halogens is 1. The van der Waals surface area contributed by atoms with Crippen molar-refractivity contribution in [1.29, 1.82) is 0 Å². The van der Waals surface area contributed by atoms with Gasteiger partial charge in [-0.3, -0.25) is 9.59 Å². The summed E-state index contributed by atoms with van der Waals surface area (Å²) >= 11 is 2.16. The van der Waals surface area contributed by atoms with Crippen LogP contribution in [0.4, 0.5) is 0 Å². The highest BCUT2D eigenvalue weighted by Gasteiger charge is 2.39. The molecule has 0 heterocycles. The molecule has 0 bridgehead atoms. The molecule has 0 radical (unpaired) electrons. The molecule has 0 saturated heterocycles. The number of unbranched alkanes of at least 4 members (excludes halogenated alkanes) is 3. The van der Waals surface area contributed by atoms with Gasteiger partial charge in [-0.1, -0.05) is 41.9 Å². The number of carboxylic acid groups (broad SMARTS) is 1. The summed E-state index contributed by atoms with van der Waals surface area (Å²) in [6, 6.07) is 0. The molecule has 0 spiro atoms. The SMILES string of the molecule is O=C(O)CCCCCCC1C(=O)CC(O)C1I. The molecule has 98 valence electrons. The van der Waals surface area contributed by atoms with Crippen molar-refractivity contribution in [2.45, 2.75) is 55.0 Å².